The second kappa shape index (κ2) is 6.83. The number of nitrogens with zero attached hydrogens (tertiary/aromatic N) is 3. The molecule has 2 N–H and O–H groups in total. The number of anilines is 1. The van der Waals surface area contributed by atoms with Gasteiger partial charge in [0.05, 0.1) is 11.4 Å². The predicted molar refractivity (Wildman–Crippen MR) is 107 cm³/mol. The Morgan fingerprint density at radius 3 is 2.23 bits per heavy atom. The summed E-state index contributed by atoms with van der Waals surface area (Å²) in [6.07, 6.45) is 3.45. The Labute approximate surface area is 161 Å². The predicted octanol–water partition coefficient (Wildman–Crippen LogP) is 5.52. The van der Waals surface area contributed by atoms with Crippen LogP contribution in [0.4, 0.5) is 5.69 Å². The van der Waals surface area contributed by atoms with Crippen LogP contribution in [-0.4, -0.2) is 14.1 Å². The van der Waals surface area contributed by atoms with Crippen molar-refractivity contribution in [2.24, 2.45) is 0 Å². The van der Waals surface area contributed by atoms with Crippen molar-refractivity contribution < 1.29 is 0 Å². The van der Waals surface area contributed by atoms with E-state index in [9.17, 15) is 0 Å². The van der Waals surface area contributed by atoms with Crippen molar-refractivity contribution >= 4 is 29.1 Å². The van der Waals surface area contributed by atoms with Gasteiger partial charge in [-0.15, -0.1) is 0 Å². The Morgan fingerprint density at radius 2 is 1.54 bits per heavy atom. The fraction of sp³-hybridized carbons (Fsp3) is 0. The van der Waals surface area contributed by atoms with Gasteiger partial charge in [-0.3, -0.25) is 4.98 Å². The van der Waals surface area contributed by atoms with Crippen molar-refractivity contribution in [2.75, 3.05) is 5.73 Å². The van der Waals surface area contributed by atoms with E-state index in [2.05, 4.69) is 4.98 Å². The SMILES string of the molecule is Nc1ccccc1-c1nc(-c2ccc(Cl)cc2)c(-c2ccncc2)n1Cl. The molecule has 2 aromatic heterocycles. The summed E-state index contributed by atoms with van der Waals surface area (Å²) in [4.78, 5) is 8.89. The van der Waals surface area contributed by atoms with Crippen LogP contribution in [0.2, 0.25) is 5.02 Å². The summed E-state index contributed by atoms with van der Waals surface area (Å²) >= 11 is 12.7. The lowest BCUT2D eigenvalue weighted by Crippen LogP contribution is -1.94. The minimum absolute atomic E-state index is 0.585. The highest BCUT2D eigenvalue weighted by Gasteiger charge is 2.21. The first-order valence-corrected chi connectivity index (χ1v) is 8.67. The molecule has 0 saturated carbocycles. The molecule has 0 radical (unpaired) electrons. The molecule has 4 rings (SSSR count). The minimum atomic E-state index is 0.585. The number of hydrogen-bond acceptors (Lipinski definition) is 3. The van der Waals surface area contributed by atoms with E-state index in [1.165, 1.54) is 0 Å². The Balaban J connectivity index is 1.99. The zero-order valence-corrected chi connectivity index (χ0v) is 15.1. The number of aromatic nitrogens is 3. The zero-order valence-electron chi connectivity index (χ0n) is 13.6. The Bertz CT molecular complexity index is 1060. The smallest absolute Gasteiger partial charge is 0.158 e. The third kappa shape index (κ3) is 2.94. The van der Waals surface area contributed by atoms with Crippen molar-refractivity contribution in [2.45, 2.75) is 0 Å². The number of para-hydroxylation sites is 1. The average Bonchev–Trinajstić information content (AvgIpc) is 3.00. The third-order valence-corrected chi connectivity index (χ3v) is 4.68. The first-order chi connectivity index (χ1) is 12.6. The van der Waals surface area contributed by atoms with E-state index in [1.54, 1.807) is 16.5 Å². The molecule has 0 unspecified atom stereocenters. The van der Waals surface area contributed by atoms with Crippen molar-refractivity contribution in [1.29, 1.82) is 0 Å². The molecule has 0 bridgehead atoms. The lowest BCUT2D eigenvalue weighted by atomic mass is 10.1. The molecule has 0 aliphatic rings. The molecule has 0 aliphatic carbocycles. The number of hydrogen-bond donors (Lipinski definition) is 1. The molecule has 0 spiro atoms. The second-order valence-electron chi connectivity index (χ2n) is 5.74. The second-order valence-corrected chi connectivity index (χ2v) is 6.52. The van der Waals surface area contributed by atoms with Crippen LogP contribution in [0.25, 0.3) is 33.9 Å². The maximum absolute atomic E-state index is 6.70. The highest BCUT2D eigenvalue weighted by atomic mass is 35.5. The van der Waals surface area contributed by atoms with Crippen molar-refractivity contribution in [3.05, 3.63) is 78.1 Å². The zero-order chi connectivity index (χ0) is 18.1. The molecule has 0 aliphatic heterocycles. The maximum Gasteiger partial charge on any atom is 0.158 e. The number of imidazole rings is 1. The van der Waals surface area contributed by atoms with E-state index in [-0.39, 0.29) is 0 Å². The van der Waals surface area contributed by atoms with E-state index in [1.807, 2.05) is 60.7 Å². The van der Waals surface area contributed by atoms with Crippen molar-refractivity contribution in [1.82, 2.24) is 14.1 Å². The quantitative estimate of drug-likeness (QED) is 0.476. The number of nitrogens with two attached hydrogens (primary N) is 1. The normalized spacial score (nSPS) is 10.8. The Morgan fingerprint density at radius 1 is 0.846 bits per heavy atom. The molecule has 4 nitrogen and oxygen atoms in total. The largest absolute Gasteiger partial charge is 0.398 e. The van der Waals surface area contributed by atoms with Crippen molar-refractivity contribution in [3.63, 3.8) is 0 Å². The van der Waals surface area contributed by atoms with Crippen LogP contribution >= 0.6 is 23.4 Å². The van der Waals surface area contributed by atoms with Crippen LogP contribution in [0.3, 0.4) is 0 Å². The molecular formula is C20H14Cl2N4. The number of rotatable bonds is 3. The van der Waals surface area contributed by atoms with Gasteiger partial charge in [-0.1, -0.05) is 35.9 Å². The van der Waals surface area contributed by atoms with Crippen LogP contribution in [0.15, 0.2) is 73.1 Å². The van der Waals surface area contributed by atoms with Gasteiger partial charge in [-0.2, -0.15) is 0 Å². The van der Waals surface area contributed by atoms with Crippen LogP contribution in [0.1, 0.15) is 0 Å². The monoisotopic (exact) mass is 380 g/mol. The molecule has 128 valence electrons. The lowest BCUT2D eigenvalue weighted by molar-refractivity contribution is 1.22. The highest BCUT2D eigenvalue weighted by molar-refractivity contribution is 6.30. The molecule has 2 aromatic carbocycles. The average molecular weight is 381 g/mol. The van der Waals surface area contributed by atoms with Gasteiger partial charge >= 0.3 is 0 Å². The van der Waals surface area contributed by atoms with Gasteiger partial charge in [0.25, 0.3) is 0 Å². The number of nitrogen functional groups attached to an aromatic ring is 1. The molecule has 2 heterocycles. The number of halogens is 2. The van der Waals surface area contributed by atoms with Gasteiger partial charge < -0.3 is 5.73 Å². The fourth-order valence-electron chi connectivity index (χ4n) is 2.84. The summed E-state index contributed by atoms with van der Waals surface area (Å²) in [6, 6.07) is 18.8. The fourth-order valence-corrected chi connectivity index (χ4v) is 3.27. The van der Waals surface area contributed by atoms with Crippen LogP contribution in [0, 0.1) is 0 Å². The summed E-state index contributed by atoms with van der Waals surface area (Å²) in [6.45, 7) is 0. The molecule has 0 atom stereocenters. The van der Waals surface area contributed by atoms with Gasteiger partial charge in [0.1, 0.15) is 0 Å². The molecule has 0 fully saturated rings. The molecular weight excluding hydrogens is 367 g/mol. The summed E-state index contributed by atoms with van der Waals surface area (Å²) in [5.41, 5.74) is 10.9. The summed E-state index contributed by atoms with van der Waals surface area (Å²) in [5.74, 6) is 0.585. The first kappa shape index (κ1) is 16.6. The van der Waals surface area contributed by atoms with E-state index >= 15 is 0 Å². The topological polar surface area (TPSA) is 56.7 Å². The third-order valence-electron chi connectivity index (χ3n) is 4.10. The molecule has 0 amide bonds. The van der Waals surface area contributed by atoms with E-state index in [4.69, 9.17) is 34.1 Å². The highest BCUT2D eigenvalue weighted by Crippen LogP contribution is 2.38. The van der Waals surface area contributed by atoms with Crippen LogP contribution in [-0.2, 0) is 0 Å². The minimum Gasteiger partial charge on any atom is -0.398 e. The molecule has 4 aromatic rings. The van der Waals surface area contributed by atoms with E-state index in [0.717, 1.165) is 28.1 Å². The first-order valence-electron chi connectivity index (χ1n) is 7.95. The Kier molecular flexibility index (Phi) is 4.37. The van der Waals surface area contributed by atoms with Crippen molar-refractivity contribution in [3.8, 4) is 33.9 Å². The summed E-state index contributed by atoms with van der Waals surface area (Å²) < 4.78 is 1.55. The molecule has 0 saturated heterocycles. The lowest BCUT2D eigenvalue weighted by Gasteiger charge is -2.06. The van der Waals surface area contributed by atoms with Gasteiger partial charge in [-0.25, -0.2) is 9.07 Å². The summed E-state index contributed by atoms with van der Waals surface area (Å²) in [7, 11) is 0. The maximum atomic E-state index is 6.70. The molecule has 6 heteroatoms. The van der Waals surface area contributed by atoms with Gasteiger partial charge in [0.15, 0.2) is 5.82 Å². The van der Waals surface area contributed by atoms with Crippen LogP contribution < -0.4 is 5.73 Å². The van der Waals surface area contributed by atoms with Gasteiger partial charge in [0.2, 0.25) is 0 Å². The van der Waals surface area contributed by atoms with E-state index < -0.39 is 0 Å². The number of pyridine rings is 1. The van der Waals surface area contributed by atoms with E-state index in [0.29, 0.717) is 16.5 Å². The van der Waals surface area contributed by atoms with Gasteiger partial charge in [-0.05, 0) is 36.4 Å². The Hall–Kier alpha value is -2.82. The standard InChI is InChI=1S/C20H14Cl2N4/c21-15-7-5-13(6-8-15)18-19(14-9-11-24-12-10-14)26(22)20(25-18)16-3-1-2-4-17(16)23/h1-12H,23H2. The summed E-state index contributed by atoms with van der Waals surface area (Å²) in [5, 5.41) is 0.664. The number of benzene rings is 2. The van der Waals surface area contributed by atoms with Crippen LogP contribution in [0.5, 0.6) is 0 Å². The molecule has 26 heavy (non-hydrogen) atoms. The van der Waals surface area contributed by atoms with Gasteiger partial charge in [0, 0.05) is 51.6 Å².